The summed E-state index contributed by atoms with van der Waals surface area (Å²) >= 11 is 0. The minimum Gasteiger partial charge on any atom is -0.491 e. The van der Waals surface area contributed by atoms with Gasteiger partial charge in [0.2, 0.25) is 0 Å². The van der Waals surface area contributed by atoms with Gasteiger partial charge in [0.05, 0.1) is 33.0 Å². The van der Waals surface area contributed by atoms with Crippen molar-refractivity contribution in [1.82, 2.24) is 0 Å². The average Bonchev–Trinajstić information content (AvgIpc) is 2.54. The second-order valence-electron chi connectivity index (χ2n) is 4.88. The van der Waals surface area contributed by atoms with Crippen molar-refractivity contribution in [1.29, 1.82) is 0 Å². The van der Waals surface area contributed by atoms with E-state index in [-0.39, 0.29) is 12.4 Å². The quantitative estimate of drug-likeness (QED) is 0.529. The molecule has 0 aliphatic heterocycles. The van der Waals surface area contributed by atoms with Crippen molar-refractivity contribution in [2.45, 2.75) is 13.8 Å². The molecule has 1 N–H and O–H groups in total. The van der Waals surface area contributed by atoms with E-state index in [4.69, 9.17) is 18.9 Å². The number of nitrogens with one attached hydrogen (secondary N) is 1. The number of ketones is 1. The zero-order valence-corrected chi connectivity index (χ0v) is 14.0. The molecule has 130 valence electrons. The van der Waals surface area contributed by atoms with Crippen LogP contribution in [-0.4, -0.2) is 58.6 Å². The molecule has 23 heavy (non-hydrogen) atoms. The number of rotatable bonds is 14. The number of carbonyl (C=O) groups excluding carboxylic acids is 1. The van der Waals surface area contributed by atoms with Gasteiger partial charge in [-0.2, -0.15) is 0 Å². The summed E-state index contributed by atoms with van der Waals surface area (Å²) < 4.78 is 21.4. The second kappa shape index (κ2) is 12.9. The molecule has 1 aromatic carbocycles. The predicted octanol–water partition coefficient (Wildman–Crippen LogP) is 2.14. The summed E-state index contributed by atoms with van der Waals surface area (Å²) in [5.74, 6) is 0.846. The van der Waals surface area contributed by atoms with Crippen LogP contribution in [0.1, 0.15) is 13.8 Å². The Labute approximate surface area is 138 Å². The first-order valence-corrected chi connectivity index (χ1v) is 7.91. The highest BCUT2D eigenvalue weighted by atomic mass is 16.6. The minimum atomic E-state index is 0.0181. The molecule has 0 bridgehead atoms. The van der Waals surface area contributed by atoms with Gasteiger partial charge in [0, 0.05) is 12.2 Å². The highest BCUT2D eigenvalue weighted by Gasteiger charge is 1.96. The molecule has 0 saturated heterocycles. The lowest BCUT2D eigenvalue weighted by Gasteiger charge is -2.09. The number of benzene rings is 1. The highest BCUT2D eigenvalue weighted by molar-refractivity contribution is 5.76. The lowest BCUT2D eigenvalue weighted by molar-refractivity contribution is -0.122. The Morgan fingerprint density at radius 3 is 2.04 bits per heavy atom. The smallest absolute Gasteiger partial charge is 0.155 e. The van der Waals surface area contributed by atoms with Gasteiger partial charge in [0.15, 0.2) is 5.78 Å². The maximum Gasteiger partial charge on any atom is 0.155 e. The molecule has 0 aromatic heterocycles. The molecule has 1 aromatic rings. The summed E-state index contributed by atoms with van der Waals surface area (Å²) in [4.78, 5) is 10.6. The Balaban J connectivity index is 1.90. The van der Waals surface area contributed by atoms with Crippen LogP contribution in [0.4, 0.5) is 5.69 Å². The fourth-order valence-corrected chi connectivity index (χ4v) is 1.75. The van der Waals surface area contributed by atoms with Crippen molar-refractivity contribution in [2.24, 2.45) is 0 Å². The molecule has 6 heteroatoms. The standard InChI is InChI=1S/C17H27NO5/c1-3-18-16-4-6-17(7-5-16)23-13-12-21-9-8-20-10-11-22-14-15(2)19/h4-7,18H,3,8-14H2,1-2H3. The molecule has 0 heterocycles. The van der Waals surface area contributed by atoms with E-state index in [2.05, 4.69) is 12.2 Å². The molecule has 0 amide bonds. The van der Waals surface area contributed by atoms with E-state index in [0.717, 1.165) is 18.0 Å². The van der Waals surface area contributed by atoms with Crippen LogP contribution < -0.4 is 10.1 Å². The molecular formula is C17H27NO5. The van der Waals surface area contributed by atoms with Gasteiger partial charge in [0.1, 0.15) is 19.0 Å². The molecule has 0 spiro atoms. The van der Waals surface area contributed by atoms with Gasteiger partial charge in [0.25, 0.3) is 0 Å². The van der Waals surface area contributed by atoms with Gasteiger partial charge in [-0.15, -0.1) is 0 Å². The maximum atomic E-state index is 10.6. The van der Waals surface area contributed by atoms with E-state index in [1.165, 1.54) is 6.92 Å². The molecule has 6 nitrogen and oxygen atoms in total. The minimum absolute atomic E-state index is 0.0181. The van der Waals surface area contributed by atoms with E-state index in [0.29, 0.717) is 39.6 Å². The molecule has 0 fully saturated rings. The van der Waals surface area contributed by atoms with Gasteiger partial charge in [-0.05, 0) is 38.1 Å². The average molecular weight is 325 g/mol. The van der Waals surface area contributed by atoms with Gasteiger partial charge >= 0.3 is 0 Å². The van der Waals surface area contributed by atoms with Crippen LogP contribution in [0, 0.1) is 0 Å². The van der Waals surface area contributed by atoms with E-state index in [1.54, 1.807) is 0 Å². The molecule has 0 atom stereocenters. The van der Waals surface area contributed by atoms with Gasteiger partial charge in [-0.25, -0.2) is 0 Å². The molecule has 0 unspecified atom stereocenters. The highest BCUT2D eigenvalue weighted by Crippen LogP contribution is 2.15. The van der Waals surface area contributed by atoms with Crippen molar-refractivity contribution in [2.75, 3.05) is 58.1 Å². The first-order valence-electron chi connectivity index (χ1n) is 7.91. The van der Waals surface area contributed by atoms with Gasteiger partial charge in [-0.1, -0.05) is 0 Å². The summed E-state index contributed by atoms with van der Waals surface area (Å²) in [6, 6.07) is 7.84. The van der Waals surface area contributed by atoms with Crippen molar-refractivity contribution in [3.05, 3.63) is 24.3 Å². The van der Waals surface area contributed by atoms with Crippen LogP contribution >= 0.6 is 0 Å². The lowest BCUT2D eigenvalue weighted by atomic mass is 10.3. The van der Waals surface area contributed by atoms with E-state index in [9.17, 15) is 4.79 Å². The first-order chi connectivity index (χ1) is 11.2. The van der Waals surface area contributed by atoms with E-state index in [1.807, 2.05) is 24.3 Å². The normalized spacial score (nSPS) is 10.5. The zero-order chi connectivity index (χ0) is 16.8. The van der Waals surface area contributed by atoms with Gasteiger partial charge < -0.3 is 24.3 Å². The third kappa shape index (κ3) is 10.7. The Morgan fingerprint density at radius 2 is 1.48 bits per heavy atom. The van der Waals surface area contributed by atoms with Crippen molar-refractivity contribution in [3.8, 4) is 5.75 Å². The molecule has 1 rings (SSSR count). The summed E-state index contributed by atoms with van der Waals surface area (Å²) in [6.07, 6.45) is 0. The van der Waals surface area contributed by atoms with Crippen LogP contribution in [0.2, 0.25) is 0 Å². The summed E-state index contributed by atoms with van der Waals surface area (Å²) in [7, 11) is 0. The van der Waals surface area contributed by atoms with Crippen LogP contribution in [-0.2, 0) is 19.0 Å². The summed E-state index contributed by atoms with van der Waals surface area (Å²) in [5, 5.41) is 3.23. The summed E-state index contributed by atoms with van der Waals surface area (Å²) in [5.41, 5.74) is 1.08. The number of carbonyl (C=O) groups is 1. The third-order valence-corrected chi connectivity index (χ3v) is 2.78. The fraction of sp³-hybridized carbons (Fsp3) is 0.588. The number of Topliss-reactive ketones (excluding diaryl/α,β-unsaturated/α-hetero) is 1. The molecular weight excluding hydrogens is 298 g/mol. The first kappa shape index (κ1) is 19.4. The second-order valence-corrected chi connectivity index (χ2v) is 4.88. The van der Waals surface area contributed by atoms with Crippen LogP contribution in [0.25, 0.3) is 0 Å². The predicted molar refractivity (Wildman–Crippen MR) is 89.2 cm³/mol. The number of hydrogen-bond acceptors (Lipinski definition) is 6. The van der Waals surface area contributed by atoms with E-state index >= 15 is 0 Å². The number of hydrogen-bond donors (Lipinski definition) is 1. The van der Waals surface area contributed by atoms with Gasteiger partial charge in [-0.3, -0.25) is 4.79 Å². The summed E-state index contributed by atoms with van der Waals surface area (Å²) in [6.45, 7) is 7.51. The lowest BCUT2D eigenvalue weighted by Crippen LogP contribution is -2.14. The number of ether oxygens (including phenoxy) is 4. The maximum absolute atomic E-state index is 10.6. The van der Waals surface area contributed by atoms with Crippen molar-refractivity contribution in [3.63, 3.8) is 0 Å². The third-order valence-electron chi connectivity index (χ3n) is 2.78. The van der Waals surface area contributed by atoms with E-state index < -0.39 is 0 Å². The van der Waals surface area contributed by atoms with Crippen LogP contribution in [0.15, 0.2) is 24.3 Å². The molecule has 0 aliphatic carbocycles. The largest absolute Gasteiger partial charge is 0.491 e. The zero-order valence-electron chi connectivity index (χ0n) is 14.0. The van der Waals surface area contributed by atoms with Crippen molar-refractivity contribution < 1.29 is 23.7 Å². The fourth-order valence-electron chi connectivity index (χ4n) is 1.75. The Kier molecular flexibility index (Phi) is 10.9. The Morgan fingerprint density at radius 1 is 0.913 bits per heavy atom. The van der Waals surface area contributed by atoms with Crippen LogP contribution in [0.5, 0.6) is 5.75 Å². The van der Waals surface area contributed by atoms with Crippen LogP contribution in [0.3, 0.4) is 0 Å². The number of anilines is 1. The topological polar surface area (TPSA) is 66.0 Å². The molecule has 0 aliphatic rings. The molecule has 0 saturated carbocycles. The monoisotopic (exact) mass is 325 g/mol. The molecule has 0 radical (unpaired) electrons. The SMILES string of the molecule is CCNc1ccc(OCCOCCOCCOCC(C)=O)cc1. The Hall–Kier alpha value is -1.63. The Bertz CT molecular complexity index is 421. The van der Waals surface area contributed by atoms with Crippen molar-refractivity contribution >= 4 is 11.5 Å².